The van der Waals surface area contributed by atoms with Crippen molar-refractivity contribution in [2.45, 2.75) is 18.9 Å². The summed E-state index contributed by atoms with van der Waals surface area (Å²) in [6, 6.07) is 4.70. The van der Waals surface area contributed by atoms with Gasteiger partial charge in [0.1, 0.15) is 5.69 Å². The molecule has 21 heavy (non-hydrogen) atoms. The first kappa shape index (κ1) is 15.2. The topological polar surface area (TPSA) is 92.7 Å². The average molecular weight is 292 g/mol. The molecule has 0 atom stereocenters. The number of carbonyl (C=O) groups is 1. The van der Waals surface area contributed by atoms with Crippen LogP contribution in [0.3, 0.4) is 0 Å². The Bertz CT molecular complexity index is 551. The van der Waals surface area contributed by atoms with Crippen LogP contribution < -0.4 is 5.73 Å². The second-order valence-electron chi connectivity index (χ2n) is 5.52. The van der Waals surface area contributed by atoms with Gasteiger partial charge in [0.05, 0.1) is 4.92 Å². The number of amides is 1. The number of anilines is 1. The summed E-state index contributed by atoms with van der Waals surface area (Å²) in [6.07, 6.45) is 1.83. The van der Waals surface area contributed by atoms with E-state index in [-0.39, 0.29) is 17.3 Å². The molecule has 2 rings (SSSR count). The van der Waals surface area contributed by atoms with Crippen molar-refractivity contribution in [1.82, 2.24) is 9.80 Å². The SMILES string of the molecule is CN(C)C1CCN(C(=O)c2ccc(N)c([N+](=O)[O-])c2)CC1. The second kappa shape index (κ2) is 6.09. The summed E-state index contributed by atoms with van der Waals surface area (Å²) in [6.45, 7) is 1.33. The van der Waals surface area contributed by atoms with Gasteiger partial charge < -0.3 is 15.5 Å². The van der Waals surface area contributed by atoms with Crippen LogP contribution in [0.1, 0.15) is 23.2 Å². The Kier molecular flexibility index (Phi) is 4.42. The standard InChI is InChI=1S/C14H20N4O3/c1-16(2)11-5-7-17(8-6-11)14(19)10-3-4-12(15)13(9-10)18(20)21/h3-4,9,11H,5-8,15H2,1-2H3. The quantitative estimate of drug-likeness (QED) is 0.515. The fourth-order valence-corrected chi connectivity index (χ4v) is 2.60. The van der Waals surface area contributed by atoms with Crippen molar-refractivity contribution < 1.29 is 9.72 Å². The molecule has 1 saturated heterocycles. The lowest BCUT2D eigenvalue weighted by molar-refractivity contribution is -0.383. The van der Waals surface area contributed by atoms with Crippen molar-refractivity contribution in [3.05, 3.63) is 33.9 Å². The third-order valence-electron chi connectivity index (χ3n) is 3.96. The van der Waals surface area contributed by atoms with Crippen LogP contribution in [0.5, 0.6) is 0 Å². The minimum Gasteiger partial charge on any atom is -0.393 e. The highest BCUT2D eigenvalue weighted by molar-refractivity contribution is 5.95. The number of nitro groups is 1. The summed E-state index contributed by atoms with van der Waals surface area (Å²) in [5, 5.41) is 10.9. The van der Waals surface area contributed by atoms with Gasteiger partial charge in [-0.1, -0.05) is 0 Å². The zero-order valence-electron chi connectivity index (χ0n) is 12.3. The number of piperidine rings is 1. The van der Waals surface area contributed by atoms with Crippen LogP contribution in [0.25, 0.3) is 0 Å². The predicted molar refractivity (Wildman–Crippen MR) is 80.1 cm³/mol. The fraction of sp³-hybridized carbons (Fsp3) is 0.500. The summed E-state index contributed by atoms with van der Waals surface area (Å²) >= 11 is 0. The Morgan fingerprint density at radius 3 is 2.52 bits per heavy atom. The number of hydrogen-bond acceptors (Lipinski definition) is 5. The number of benzene rings is 1. The Morgan fingerprint density at radius 1 is 1.38 bits per heavy atom. The molecule has 0 unspecified atom stereocenters. The van der Waals surface area contributed by atoms with E-state index in [9.17, 15) is 14.9 Å². The molecule has 0 aliphatic carbocycles. The van der Waals surface area contributed by atoms with Crippen LogP contribution in [0.2, 0.25) is 0 Å². The molecule has 1 fully saturated rings. The maximum Gasteiger partial charge on any atom is 0.292 e. The molecule has 0 bridgehead atoms. The van der Waals surface area contributed by atoms with Crippen LogP contribution in [0, 0.1) is 10.1 Å². The van der Waals surface area contributed by atoms with Gasteiger partial charge in [0.25, 0.3) is 11.6 Å². The van der Waals surface area contributed by atoms with Gasteiger partial charge in [0.2, 0.25) is 0 Å². The van der Waals surface area contributed by atoms with Crippen LogP contribution in [-0.2, 0) is 0 Å². The van der Waals surface area contributed by atoms with Gasteiger partial charge in [-0.25, -0.2) is 0 Å². The highest BCUT2D eigenvalue weighted by Gasteiger charge is 2.25. The third kappa shape index (κ3) is 3.30. The number of nitro benzene ring substituents is 1. The van der Waals surface area contributed by atoms with Crippen LogP contribution in [0.4, 0.5) is 11.4 Å². The molecule has 1 aliphatic rings. The smallest absolute Gasteiger partial charge is 0.292 e. The molecule has 0 aromatic heterocycles. The molecule has 1 aliphatic heterocycles. The monoisotopic (exact) mass is 292 g/mol. The molecule has 2 N–H and O–H groups in total. The number of nitrogens with zero attached hydrogens (tertiary/aromatic N) is 3. The van der Waals surface area contributed by atoms with Gasteiger partial charge >= 0.3 is 0 Å². The largest absolute Gasteiger partial charge is 0.393 e. The van der Waals surface area contributed by atoms with Crippen molar-refractivity contribution in [2.24, 2.45) is 0 Å². The van der Waals surface area contributed by atoms with Gasteiger partial charge in [0.15, 0.2) is 0 Å². The summed E-state index contributed by atoms with van der Waals surface area (Å²) in [5.41, 5.74) is 5.72. The summed E-state index contributed by atoms with van der Waals surface area (Å²) in [5.74, 6) is -0.171. The highest BCUT2D eigenvalue weighted by atomic mass is 16.6. The van der Waals surface area contributed by atoms with Crippen molar-refractivity contribution in [3.63, 3.8) is 0 Å². The number of carbonyl (C=O) groups excluding carboxylic acids is 1. The van der Waals surface area contributed by atoms with Gasteiger partial charge in [-0.3, -0.25) is 14.9 Å². The molecule has 1 aromatic rings. The van der Waals surface area contributed by atoms with E-state index in [4.69, 9.17) is 5.73 Å². The van der Waals surface area contributed by atoms with Crippen molar-refractivity contribution in [3.8, 4) is 0 Å². The maximum atomic E-state index is 12.4. The molecular formula is C14H20N4O3. The van der Waals surface area contributed by atoms with E-state index in [1.165, 1.54) is 12.1 Å². The van der Waals surface area contributed by atoms with E-state index < -0.39 is 4.92 Å². The van der Waals surface area contributed by atoms with E-state index in [1.54, 1.807) is 11.0 Å². The van der Waals surface area contributed by atoms with E-state index in [0.29, 0.717) is 24.7 Å². The number of rotatable bonds is 3. The van der Waals surface area contributed by atoms with Gasteiger partial charge in [-0.05, 0) is 39.1 Å². The van der Waals surface area contributed by atoms with E-state index in [1.807, 2.05) is 14.1 Å². The molecule has 1 aromatic carbocycles. The third-order valence-corrected chi connectivity index (χ3v) is 3.96. The Labute approximate surface area is 123 Å². The first-order valence-electron chi connectivity index (χ1n) is 6.89. The zero-order chi connectivity index (χ0) is 15.6. The highest BCUT2D eigenvalue weighted by Crippen LogP contribution is 2.24. The number of nitrogens with two attached hydrogens (primary N) is 1. The number of likely N-dealkylation sites (tertiary alicyclic amines) is 1. The van der Waals surface area contributed by atoms with Gasteiger partial charge in [-0.15, -0.1) is 0 Å². The first-order chi connectivity index (χ1) is 9.90. The van der Waals surface area contributed by atoms with Gasteiger partial charge in [-0.2, -0.15) is 0 Å². The number of hydrogen-bond donors (Lipinski definition) is 1. The molecule has 0 saturated carbocycles. The summed E-state index contributed by atoms with van der Waals surface area (Å²) < 4.78 is 0. The van der Waals surface area contributed by atoms with E-state index >= 15 is 0 Å². The second-order valence-corrected chi connectivity index (χ2v) is 5.52. The maximum absolute atomic E-state index is 12.4. The van der Waals surface area contributed by atoms with Crippen molar-refractivity contribution >= 4 is 17.3 Å². The molecule has 1 heterocycles. The van der Waals surface area contributed by atoms with E-state index in [2.05, 4.69) is 4.90 Å². The lowest BCUT2D eigenvalue weighted by atomic mass is 10.0. The van der Waals surface area contributed by atoms with Crippen LogP contribution in [0.15, 0.2) is 18.2 Å². The van der Waals surface area contributed by atoms with Crippen molar-refractivity contribution in [2.75, 3.05) is 32.9 Å². The molecule has 0 spiro atoms. The summed E-state index contributed by atoms with van der Waals surface area (Å²) in [7, 11) is 4.07. The molecule has 114 valence electrons. The normalized spacial score (nSPS) is 16.2. The average Bonchev–Trinajstić information content (AvgIpc) is 2.46. The summed E-state index contributed by atoms with van der Waals surface area (Å²) in [4.78, 5) is 26.6. The minimum absolute atomic E-state index is 0.0721. The molecule has 0 radical (unpaired) electrons. The first-order valence-corrected chi connectivity index (χ1v) is 6.89. The van der Waals surface area contributed by atoms with Gasteiger partial charge in [0, 0.05) is 30.8 Å². The van der Waals surface area contributed by atoms with Crippen molar-refractivity contribution in [1.29, 1.82) is 0 Å². The predicted octanol–water partition coefficient (Wildman–Crippen LogP) is 1.34. The molecule has 1 amide bonds. The molecular weight excluding hydrogens is 272 g/mol. The Hall–Kier alpha value is -2.15. The van der Waals surface area contributed by atoms with Crippen LogP contribution >= 0.6 is 0 Å². The Morgan fingerprint density at radius 2 is 2.00 bits per heavy atom. The Balaban J connectivity index is 2.11. The minimum atomic E-state index is -0.565. The molecule has 7 heteroatoms. The molecule has 7 nitrogen and oxygen atoms in total. The number of nitrogen functional groups attached to an aromatic ring is 1. The van der Waals surface area contributed by atoms with E-state index in [0.717, 1.165) is 12.8 Å². The zero-order valence-corrected chi connectivity index (χ0v) is 12.3. The fourth-order valence-electron chi connectivity index (χ4n) is 2.60. The van der Waals surface area contributed by atoms with Crippen LogP contribution in [-0.4, -0.2) is 53.9 Å². The lowest BCUT2D eigenvalue weighted by Crippen LogP contribution is -2.44. The lowest BCUT2D eigenvalue weighted by Gasteiger charge is -2.35.